The summed E-state index contributed by atoms with van der Waals surface area (Å²) in [6.45, 7) is 15.5. The van der Waals surface area contributed by atoms with Gasteiger partial charge >= 0.3 is 0 Å². The third-order valence-electron chi connectivity index (χ3n) is 18.8. The molecule has 0 amide bonds. The highest BCUT2D eigenvalue weighted by atomic mass is 16.8. The molecule has 4 unspecified atom stereocenters. The van der Waals surface area contributed by atoms with E-state index < -0.39 is 135 Å². The molecule has 12 N–H and O–H groups in total. The van der Waals surface area contributed by atoms with Gasteiger partial charge < -0.3 is 89.7 Å². The second kappa shape index (κ2) is 19.6. The maximum Gasteiger partial charge on any atom is 0.187 e. The van der Waals surface area contributed by atoms with Crippen molar-refractivity contribution < 1.29 is 89.7 Å². The van der Waals surface area contributed by atoms with E-state index in [1.165, 1.54) is 0 Å². The molecular weight excluding hydrogens is 865 g/mol. The highest BCUT2D eigenvalue weighted by molar-refractivity contribution is 5.20. The SMILES string of the molecule is CC(C)=CCC[C@](C)(O[C@@H]1O[C@H](CO)[C@@H](O)[C@H](O)[C@H]1O)C1CC[C@]2(C)C1[C@H](O)CC1[C@@]3(C)CC[C@H](O[C@@H]4O[C@H](CO)[C@@H](O)[C@H](O)[C@H]4O[C@@H]4O[C@H](CO)[C@@H](O)[C@H](O)[C@H]4O)C(C)(C)C3CC[C@]12C. The van der Waals surface area contributed by atoms with Gasteiger partial charge in [-0.05, 0) is 124 Å². The Hall–Kier alpha value is -0.980. The van der Waals surface area contributed by atoms with Crippen molar-refractivity contribution in [1.29, 1.82) is 0 Å². The van der Waals surface area contributed by atoms with E-state index in [9.17, 15) is 61.3 Å². The normalized spacial score (nSPS) is 52.4. The average Bonchev–Trinajstić information content (AvgIpc) is 3.65. The fraction of sp³-hybridized carbons (Fsp3) is 0.958. The molecule has 0 spiro atoms. The largest absolute Gasteiger partial charge is 0.394 e. The lowest BCUT2D eigenvalue weighted by Crippen LogP contribution is -2.68. The van der Waals surface area contributed by atoms with Gasteiger partial charge in [0.1, 0.15) is 73.2 Å². The first-order valence-electron chi connectivity index (χ1n) is 24.4. The van der Waals surface area contributed by atoms with Gasteiger partial charge in [-0.3, -0.25) is 0 Å². The number of fused-ring (bicyclic) bond motifs is 5. The Morgan fingerprint density at radius 2 is 1.14 bits per heavy atom. The number of aliphatic hydroxyl groups is 12. The molecule has 0 radical (unpaired) electrons. The number of rotatable bonds is 13. The molecule has 382 valence electrons. The summed E-state index contributed by atoms with van der Waals surface area (Å²) in [7, 11) is 0. The van der Waals surface area contributed by atoms with Crippen LogP contribution in [0.15, 0.2) is 11.6 Å². The van der Waals surface area contributed by atoms with Gasteiger partial charge in [0.15, 0.2) is 18.9 Å². The standard InChI is InChI=1S/C48H82O18/c1-22(2)10-9-14-48(8,66-42-39(60)36(57)33(54)26(20-50)62-42)23-11-16-47(7)31(23)24(52)18-29-45(5)15-13-30(44(3,4)28(45)12-17-46(29,47)6)64-43-40(37(58)34(55)27(21-51)63-43)65-41-38(59)35(56)32(53)25(19-49)61-41/h10,23-43,49-60H,9,11-21H2,1-8H3/t23?,24-,25-,26-,27-,28?,29?,30+,31?,32-,33-,34-,35+,36+,37+,38-,39-,40-,41+,42+,43+,45+,46-,47-,48+/m1/s1. The van der Waals surface area contributed by atoms with Gasteiger partial charge in [0, 0.05) is 0 Å². The van der Waals surface area contributed by atoms with E-state index in [1.54, 1.807) is 0 Å². The van der Waals surface area contributed by atoms with Crippen molar-refractivity contribution in [3.63, 3.8) is 0 Å². The third-order valence-corrected chi connectivity index (χ3v) is 18.8. The number of allylic oxidation sites excluding steroid dienone is 2. The highest BCUT2D eigenvalue weighted by Crippen LogP contribution is 2.76. The first-order valence-corrected chi connectivity index (χ1v) is 24.4. The predicted molar refractivity (Wildman–Crippen MR) is 234 cm³/mol. The lowest BCUT2D eigenvalue weighted by atomic mass is 9.35. The van der Waals surface area contributed by atoms with Crippen LogP contribution in [0.25, 0.3) is 0 Å². The zero-order chi connectivity index (χ0) is 48.6. The summed E-state index contributed by atoms with van der Waals surface area (Å²) in [5.74, 6) is -0.151. The Balaban J connectivity index is 1.13. The minimum Gasteiger partial charge on any atom is -0.394 e. The molecule has 0 aromatic carbocycles. The second-order valence-corrected chi connectivity index (χ2v) is 22.9. The summed E-state index contributed by atoms with van der Waals surface area (Å²) in [5, 5.41) is 129. The first-order chi connectivity index (χ1) is 30.8. The molecule has 18 nitrogen and oxygen atoms in total. The molecular formula is C48H82O18. The zero-order valence-electron chi connectivity index (χ0n) is 40.0. The van der Waals surface area contributed by atoms with Crippen LogP contribution in [-0.4, -0.2) is 191 Å². The summed E-state index contributed by atoms with van der Waals surface area (Å²) >= 11 is 0. The van der Waals surface area contributed by atoms with E-state index >= 15 is 0 Å². The summed E-state index contributed by atoms with van der Waals surface area (Å²) in [6, 6.07) is 0. The van der Waals surface area contributed by atoms with E-state index in [0.29, 0.717) is 25.7 Å². The van der Waals surface area contributed by atoms with Crippen LogP contribution in [0.1, 0.15) is 113 Å². The molecule has 25 atom stereocenters. The topological polar surface area (TPSA) is 298 Å². The summed E-state index contributed by atoms with van der Waals surface area (Å²) < 4.78 is 37.2. The zero-order valence-corrected chi connectivity index (χ0v) is 40.0. The number of ether oxygens (including phenoxy) is 6. The Morgan fingerprint density at radius 3 is 1.71 bits per heavy atom. The van der Waals surface area contributed by atoms with Gasteiger partial charge in [0.25, 0.3) is 0 Å². The minimum absolute atomic E-state index is 0.0905. The number of hydrogen-bond acceptors (Lipinski definition) is 18. The Bertz CT molecular complexity index is 1680. The highest BCUT2D eigenvalue weighted by Gasteiger charge is 2.72. The molecule has 0 aromatic rings. The van der Waals surface area contributed by atoms with E-state index in [-0.39, 0.29) is 39.9 Å². The molecule has 0 bridgehead atoms. The van der Waals surface area contributed by atoms with Crippen molar-refractivity contribution in [1.82, 2.24) is 0 Å². The van der Waals surface area contributed by atoms with Gasteiger partial charge in [-0.1, -0.05) is 46.3 Å². The Morgan fingerprint density at radius 1 is 0.606 bits per heavy atom. The third kappa shape index (κ3) is 8.79. The molecule has 7 aliphatic rings. The maximum absolute atomic E-state index is 12.7. The van der Waals surface area contributed by atoms with Crippen molar-refractivity contribution in [2.24, 2.45) is 45.3 Å². The first kappa shape index (κ1) is 52.8. The lowest BCUT2D eigenvalue weighted by molar-refractivity contribution is -0.378. The Labute approximate surface area is 388 Å². The monoisotopic (exact) mass is 947 g/mol. The van der Waals surface area contributed by atoms with Gasteiger partial charge in [0.05, 0.1) is 37.6 Å². The van der Waals surface area contributed by atoms with Crippen LogP contribution >= 0.6 is 0 Å². The van der Waals surface area contributed by atoms with Gasteiger partial charge in [0.2, 0.25) is 0 Å². The van der Waals surface area contributed by atoms with Gasteiger partial charge in [-0.25, -0.2) is 0 Å². The number of hydrogen-bond donors (Lipinski definition) is 12. The van der Waals surface area contributed by atoms with Crippen molar-refractivity contribution >= 4 is 0 Å². The molecule has 18 heteroatoms. The van der Waals surface area contributed by atoms with Crippen LogP contribution < -0.4 is 0 Å². The quantitative estimate of drug-likeness (QED) is 0.0853. The molecule has 4 aliphatic carbocycles. The summed E-state index contributed by atoms with van der Waals surface area (Å²) in [5.41, 5.74) is -1.12. The van der Waals surface area contributed by atoms with Crippen molar-refractivity contribution in [2.75, 3.05) is 19.8 Å². The predicted octanol–water partition coefficient (Wildman–Crippen LogP) is -0.0268. The summed E-state index contributed by atoms with van der Waals surface area (Å²) in [4.78, 5) is 0. The average molecular weight is 947 g/mol. The second-order valence-electron chi connectivity index (χ2n) is 22.9. The maximum atomic E-state index is 12.7. The van der Waals surface area contributed by atoms with Gasteiger partial charge in [-0.2, -0.15) is 0 Å². The molecule has 7 rings (SSSR count). The molecule has 7 fully saturated rings. The van der Waals surface area contributed by atoms with Crippen LogP contribution in [0, 0.1) is 45.3 Å². The fourth-order valence-electron chi connectivity index (χ4n) is 14.9. The smallest absolute Gasteiger partial charge is 0.187 e. The minimum atomic E-state index is -1.79. The molecule has 4 saturated carbocycles. The van der Waals surface area contributed by atoms with Crippen LogP contribution in [0.3, 0.4) is 0 Å². The fourth-order valence-corrected chi connectivity index (χ4v) is 14.9. The van der Waals surface area contributed by atoms with E-state index in [0.717, 1.165) is 37.7 Å². The van der Waals surface area contributed by atoms with Crippen LogP contribution in [0.5, 0.6) is 0 Å². The van der Waals surface area contributed by atoms with Crippen molar-refractivity contribution in [3.8, 4) is 0 Å². The van der Waals surface area contributed by atoms with E-state index in [4.69, 9.17) is 28.4 Å². The van der Waals surface area contributed by atoms with Crippen molar-refractivity contribution in [3.05, 3.63) is 11.6 Å². The van der Waals surface area contributed by atoms with Crippen LogP contribution in [0.4, 0.5) is 0 Å². The number of aliphatic hydroxyl groups excluding tert-OH is 12. The lowest BCUT2D eigenvalue weighted by Gasteiger charge is -2.71. The molecule has 66 heavy (non-hydrogen) atoms. The van der Waals surface area contributed by atoms with Gasteiger partial charge in [-0.15, -0.1) is 0 Å². The molecule has 3 saturated heterocycles. The molecule has 3 aliphatic heterocycles. The van der Waals surface area contributed by atoms with Crippen LogP contribution in [-0.2, 0) is 28.4 Å². The van der Waals surface area contributed by atoms with E-state index in [2.05, 4.69) is 40.7 Å². The summed E-state index contributed by atoms with van der Waals surface area (Å²) in [6.07, 6.45) is -15.4. The van der Waals surface area contributed by atoms with Crippen LogP contribution in [0.2, 0.25) is 0 Å². The molecule has 3 heterocycles. The van der Waals surface area contributed by atoms with E-state index in [1.807, 2.05) is 20.8 Å². The Kier molecular flexibility index (Phi) is 15.7. The van der Waals surface area contributed by atoms with Crippen molar-refractivity contribution in [2.45, 2.75) is 223 Å². The molecule has 0 aromatic heterocycles.